The second-order valence-electron chi connectivity index (χ2n) is 6.13. The molecule has 1 N–H and O–H groups in total. The topological polar surface area (TPSA) is 92.6 Å². The van der Waals surface area contributed by atoms with Crippen molar-refractivity contribution in [3.63, 3.8) is 0 Å². The number of hydrogen-bond donors (Lipinski definition) is 1. The number of nitro benzene ring substituents is 1. The van der Waals surface area contributed by atoms with Crippen LogP contribution in [0.15, 0.2) is 46.9 Å². The molecule has 1 heterocycles. The van der Waals surface area contributed by atoms with Gasteiger partial charge in [0.05, 0.1) is 10.8 Å². The van der Waals surface area contributed by atoms with Gasteiger partial charge in [-0.05, 0) is 31.2 Å². The minimum Gasteiger partial charge on any atom is -0.326 e. The molecule has 1 atom stereocenters. The summed E-state index contributed by atoms with van der Waals surface area (Å²) >= 11 is 3.37. The summed E-state index contributed by atoms with van der Waals surface area (Å²) in [5.41, 5.74) is 1.54. The first-order chi connectivity index (χ1) is 12.3. The zero-order chi connectivity index (χ0) is 18.8. The molecule has 1 unspecified atom stereocenters. The normalized spacial score (nSPS) is 16.6. The summed E-state index contributed by atoms with van der Waals surface area (Å²) in [4.78, 5) is 36.9. The number of nitrogens with one attached hydrogen (secondary N) is 1. The van der Waals surface area contributed by atoms with Crippen molar-refractivity contribution in [2.75, 3.05) is 16.8 Å². The minimum absolute atomic E-state index is 0.0546. The maximum absolute atomic E-state index is 12.5. The maximum atomic E-state index is 12.5. The highest BCUT2D eigenvalue weighted by molar-refractivity contribution is 9.10. The van der Waals surface area contributed by atoms with E-state index in [-0.39, 0.29) is 30.5 Å². The third kappa shape index (κ3) is 3.75. The Kier molecular flexibility index (Phi) is 5.03. The Morgan fingerprint density at radius 2 is 2.08 bits per heavy atom. The number of hydrogen-bond acceptors (Lipinski definition) is 4. The molecule has 0 aromatic heterocycles. The van der Waals surface area contributed by atoms with Crippen molar-refractivity contribution >= 4 is 44.8 Å². The van der Waals surface area contributed by atoms with E-state index in [9.17, 15) is 19.7 Å². The van der Waals surface area contributed by atoms with Crippen LogP contribution in [0.1, 0.15) is 12.0 Å². The van der Waals surface area contributed by atoms with Crippen molar-refractivity contribution < 1.29 is 14.5 Å². The van der Waals surface area contributed by atoms with Crippen LogP contribution in [0.2, 0.25) is 0 Å². The zero-order valence-corrected chi connectivity index (χ0v) is 15.5. The van der Waals surface area contributed by atoms with E-state index in [2.05, 4.69) is 21.2 Å². The van der Waals surface area contributed by atoms with Crippen molar-refractivity contribution in [1.29, 1.82) is 0 Å². The Labute approximate surface area is 158 Å². The molecule has 0 aliphatic carbocycles. The van der Waals surface area contributed by atoms with E-state index in [1.807, 2.05) is 24.3 Å². The standard InChI is InChI=1S/C18H16BrN3O4/c1-11-5-6-14(9-16(11)22(25)26)20-18(24)12-7-17(23)21(10-12)15-4-2-3-13(19)8-15/h2-6,8-9,12H,7,10H2,1H3,(H,20,24). The van der Waals surface area contributed by atoms with Crippen molar-refractivity contribution in [1.82, 2.24) is 0 Å². The third-order valence-electron chi connectivity index (χ3n) is 4.29. The molecule has 3 rings (SSSR count). The Morgan fingerprint density at radius 3 is 2.77 bits per heavy atom. The van der Waals surface area contributed by atoms with Gasteiger partial charge in [-0.3, -0.25) is 19.7 Å². The lowest BCUT2D eigenvalue weighted by Gasteiger charge is -2.17. The summed E-state index contributed by atoms with van der Waals surface area (Å²) < 4.78 is 0.850. The number of carbonyl (C=O) groups is 2. The van der Waals surface area contributed by atoms with Crippen molar-refractivity contribution in [2.45, 2.75) is 13.3 Å². The van der Waals surface area contributed by atoms with Gasteiger partial charge in [0.25, 0.3) is 5.69 Å². The number of rotatable bonds is 4. The second-order valence-corrected chi connectivity index (χ2v) is 7.05. The van der Waals surface area contributed by atoms with E-state index in [4.69, 9.17) is 0 Å². The average Bonchev–Trinajstić information content (AvgIpc) is 2.98. The number of nitro groups is 1. The Balaban J connectivity index is 1.72. The Hall–Kier alpha value is -2.74. The molecule has 26 heavy (non-hydrogen) atoms. The molecule has 2 aromatic carbocycles. The van der Waals surface area contributed by atoms with Gasteiger partial charge in [-0.2, -0.15) is 0 Å². The van der Waals surface area contributed by atoms with E-state index >= 15 is 0 Å². The molecule has 1 aliphatic heterocycles. The molecule has 1 fully saturated rings. The number of halogens is 1. The molecule has 0 spiro atoms. The molecule has 2 aromatic rings. The van der Waals surface area contributed by atoms with Crippen molar-refractivity contribution in [3.8, 4) is 0 Å². The fourth-order valence-corrected chi connectivity index (χ4v) is 3.29. The second kappa shape index (κ2) is 7.25. The van der Waals surface area contributed by atoms with Gasteiger partial charge in [-0.15, -0.1) is 0 Å². The summed E-state index contributed by atoms with van der Waals surface area (Å²) in [5.74, 6) is -0.964. The van der Waals surface area contributed by atoms with Crippen LogP contribution in [0.4, 0.5) is 17.1 Å². The molecule has 7 nitrogen and oxygen atoms in total. The molecule has 1 saturated heterocycles. The van der Waals surface area contributed by atoms with Crippen LogP contribution in [0, 0.1) is 23.0 Å². The van der Waals surface area contributed by atoms with Gasteiger partial charge < -0.3 is 10.2 Å². The molecule has 0 bridgehead atoms. The van der Waals surface area contributed by atoms with Gasteiger partial charge in [0, 0.05) is 40.4 Å². The van der Waals surface area contributed by atoms with E-state index in [0.717, 1.165) is 10.2 Å². The summed E-state index contributed by atoms with van der Waals surface area (Å²) in [6.07, 6.45) is 0.103. The fraction of sp³-hybridized carbons (Fsp3) is 0.222. The molecule has 0 saturated carbocycles. The lowest BCUT2D eigenvalue weighted by molar-refractivity contribution is -0.385. The largest absolute Gasteiger partial charge is 0.326 e. The van der Waals surface area contributed by atoms with Crippen LogP contribution >= 0.6 is 15.9 Å². The summed E-state index contributed by atoms with van der Waals surface area (Å²) in [7, 11) is 0. The first kappa shape index (κ1) is 18.1. The van der Waals surface area contributed by atoms with E-state index in [1.165, 1.54) is 6.07 Å². The van der Waals surface area contributed by atoms with E-state index < -0.39 is 10.8 Å². The molecular formula is C18H16BrN3O4. The third-order valence-corrected chi connectivity index (χ3v) is 4.78. The summed E-state index contributed by atoms with van der Waals surface area (Å²) in [6, 6.07) is 11.8. The van der Waals surface area contributed by atoms with Crippen LogP contribution in [0.25, 0.3) is 0 Å². The number of aryl methyl sites for hydroxylation is 1. The average molecular weight is 418 g/mol. The Morgan fingerprint density at radius 1 is 1.31 bits per heavy atom. The van der Waals surface area contributed by atoms with Gasteiger partial charge in [0.15, 0.2) is 0 Å². The monoisotopic (exact) mass is 417 g/mol. The highest BCUT2D eigenvalue weighted by Gasteiger charge is 2.35. The zero-order valence-electron chi connectivity index (χ0n) is 13.9. The smallest absolute Gasteiger partial charge is 0.274 e. The maximum Gasteiger partial charge on any atom is 0.274 e. The van der Waals surface area contributed by atoms with Crippen LogP contribution < -0.4 is 10.2 Å². The number of nitrogens with zero attached hydrogens (tertiary/aromatic N) is 2. The lowest BCUT2D eigenvalue weighted by Crippen LogP contribution is -2.28. The molecule has 1 aliphatic rings. The Bertz CT molecular complexity index is 900. The molecule has 8 heteroatoms. The minimum atomic E-state index is -0.512. The van der Waals surface area contributed by atoms with E-state index in [1.54, 1.807) is 24.0 Å². The van der Waals surface area contributed by atoms with Crippen LogP contribution in [0.3, 0.4) is 0 Å². The first-order valence-corrected chi connectivity index (χ1v) is 8.76. The number of amides is 2. The van der Waals surface area contributed by atoms with Crippen molar-refractivity contribution in [2.24, 2.45) is 5.92 Å². The summed E-state index contributed by atoms with van der Waals surface area (Å²) in [6.45, 7) is 1.91. The fourth-order valence-electron chi connectivity index (χ4n) is 2.90. The van der Waals surface area contributed by atoms with Gasteiger partial charge in [0.1, 0.15) is 0 Å². The molecule has 0 radical (unpaired) electrons. The van der Waals surface area contributed by atoms with E-state index in [0.29, 0.717) is 11.3 Å². The first-order valence-electron chi connectivity index (χ1n) is 7.97. The quantitative estimate of drug-likeness (QED) is 0.606. The van der Waals surface area contributed by atoms with Crippen LogP contribution in [-0.2, 0) is 9.59 Å². The van der Waals surface area contributed by atoms with Gasteiger partial charge in [-0.25, -0.2) is 0 Å². The number of benzene rings is 2. The van der Waals surface area contributed by atoms with Gasteiger partial charge >= 0.3 is 0 Å². The van der Waals surface area contributed by atoms with Crippen LogP contribution in [0.5, 0.6) is 0 Å². The predicted octanol–water partition coefficient (Wildman–Crippen LogP) is 3.66. The number of carbonyl (C=O) groups excluding carboxylic acids is 2. The van der Waals surface area contributed by atoms with Crippen LogP contribution in [-0.4, -0.2) is 23.3 Å². The summed E-state index contributed by atoms with van der Waals surface area (Å²) in [5, 5.41) is 13.7. The highest BCUT2D eigenvalue weighted by atomic mass is 79.9. The lowest BCUT2D eigenvalue weighted by atomic mass is 10.1. The predicted molar refractivity (Wildman–Crippen MR) is 101 cm³/mol. The molecule has 2 amide bonds. The SMILES string of the molecule is Cc1ccc(NC(=O)C2CC(=O)N(c3cccc(Br)c3)C2)cc1[N+](=O)[O-]. The van der Waals surface area contributed by atoms with Gasteiger partial charge in [-0.1, -0.05) is 28.1 Å². The number of anilines is 2. The van der Waals surface area contributed by atoms with Crippen molar-refractivity contribution in [3.05, 3.63) is 62.6 Å². The molecular weight excluding hydrogens is 402 g/mol. The van der Waals surface area contributed by atoms with Gasteiger partial charge in [0.2, 0.25) is 11.8 Å². The highest BCUT2D eigenvalue weighted by Crippen LogP contribution is 2.29. The molecule has 134 valence electrons.